The molecule has 3 fully saturated rings. The lowest BCUT2D eigenvalue weighted by Crippen LogP contribution is -2.43. The van der Waals surface area contributed by atoms with Crippen molar-refractivity contribution >= 4 is 0 Å². The van der Waals surface area contributed by atoms with Crippen molar-refractivity contribution in [2.24, 2.45) is 11.3 Å². The van der Waals surface area contributed by atoms with E-state index in [0.717, 1.165) is 12.5 Å². The molecule has 1 spiro atoms. The van der Waals surface area contributed by atoms with E-state index < -0.39 is 0 Å². The predicted octanol–water partition coefficient (Wildman–Crippen LogP) is 3.92. The van der Waals surface area contributed by atoms with E-state index in [-0.39, 0.29) is 0 Å². The van der Waals surface area contributed by atoms with Gasteiger partial charge in [-0.05, 0) is 87.9 Å². The first-order valence-corrected chi connectivity index (χ1v) is 10.9. The summed E-state index contributed by atoms with van der Waals surface area (Å²) in [7, 11) is 0. The van der Waals surface area contributed by atoms with Gasteiger partial charge in [-0.25, -0.2) is 0 Å². The van der Waals surface area contributed by atoms with Crippen LogP contribution in [0.5, 0.6) is 0 Å². The number of aliphatic hydroxyl groups is 1. The molecule has 26 heavy (non-hydrogen) atoms. The van der Waals surface area contributed by atoms with Gasteiger partial charge < -0.3 is 5.11 Å². The molecule has 0 amide bonds. The van der Waals surface area contributed by atoms with Gasteiger partial charge in [0.05, 0.1) is 6.61 Å². The Bertz CT molecular complexity index is 543. The molecule has 1 aromatic carbocycles. The summed E-state index contributed by atoms with van der Waals surface area (Å²) in [6, 6.07) is 11.4. The standard InChI is InChI=1S/C23H36N2O/c26-19-22-7-4-14-25(22)18-21-8-10-23(11-9-21)12-15-24(16-13-23)17-20-5-2-1-3-6-20/h1-3,5-6,21-22,26H,4,7-19H2/t22-/m0/s1. The second-order valence-corrected chi connectivity index (χ2v) is 9.18. The lowest BCUT2D eigenvalue weighted by atomic mass is 9.65. The van der Waals surface area contributed by atoms with Crippen molar-refractivity contribution in [3.63, 3.8) is 0 Å². The van der Waals surface area contributed by atoms with Crippen molar-refractivity contribution in [1.82, 2.24) is 9.80 Å². The van der Waals surface area contributed by atoms with Crippen molar-refractivity contribution in [3.05, 3.63) is 35.9 Å². The van der Waals surface area contributed by atoms with Gasteiger partial charge in [0.1, 0.15) is 0 Å². The Balaban J connectivity index is 1.22. The Morgan fingerprint density at radius 3 is 2.35 bits per heavy atom. The highest BCUT2D eigenvalue weighted by molar-refractivity contribution is 5.14. The van der Waals surface area contributed by atoms with Gasteiger partial charge in [-0.15, -0.1) is 0 Å². The zero-order valence-electron chi connectivity index (χ0n) is 16.3. The summed E-state index contributed by atoms with van der Waals surface area (Å²) in [6.07, 6.45) is 11.0. The summed E-state index contributed by atoms with van der Waals surface area (Å²) in [5.74, 6) is 0.870. The molecule has 3 nitrogen and oxygen atoms in total. The molecule has 1 N–H and O–H groups in total. The van der Waals surface area contributed by atoms with E-state index in [0.29, 0.717) is 18.1 Å². The van der Waals surface area contributed by atoms with Gasteiger partial charge in [-0.3, -0.25) is 9.80 Å². The molecule has 2 aliphatic heterocycles. The van der Waals surface area contributed by atoms with Crippen LogP contribution in [0.3, 0.4) is 0 Å². The number of hydrogen-bond acceptors (Lipinski definition) is 3. The van der Waals surface area contributed by atoms with Gasteiger partial charge in [0.15, 0.2) is 0 Å². The fourth-order valence-electron chi connectivity index (χ4n) is 5.67. The van der Waals surface area contributed by atoms with Crippen LogP contribution in [0.1, 0.15) is 56.9 Å². The average Bonchev–Trinajstić information content (AvgIpc) is 3.14. The summed E-state index contributed by atoms with van der Waals surface area (Å²) >= 11 is 0. The first-order chi connectivity index (χ1) is 12.8. The predicted molar refractivity (Wildman–Crippen MR) is 107 cm³/mol. The highest BCUT2D eigenvalue weighted by atomic mass is 16.3. The second kappa shape index (κ2) is 8.41. The van der Waals surface area contributed by atoms with Crippen LogP contribution in [0.2, 0.25) is 0 Å². The van der Waals surface area contributed by atoms with Gasteiger partial charge >= 0.3 is 0 Å². The minimum absolute atomic E-state index is 0.355. The van der Waals surface area contributed by atoms with Crippen LogP contribution >= 0.6 is 0 Å². The van der Waals surface area contributed by atoms with Crippen molar-refractivity contribution < 1.29 is 5.11 Å². The van der Waals surface area contributed by atoms with Crippen LogP contribution in [0.25, 0.3) is 0 Å². The average molecular weight is 357 g/mol. The third kappa shape index (κ3) is 4.32. The van der Waals surface area contributed by atoms with Crippen molar-refractivity contribution in [3.8, 4) is 0 Å². The fraction of sp³-hybridized carbons (Fsp3) is 0.739. The van der Waals surface area contributed by atoms with Gasteiger partial charge in [-0.2, -0.15) is 0 Å². The lowest BCUT2D eigenvalue weighted by Gasteiger charge is -2.46. The quantitative estimate of drug-likeness (QED) is 0.866. The highest BCUT2D eigenvalue weighted by Crippen LogP contribution is 2.46. The normalized spacial score (nSPS) is 28.0. The second-order valence-electron chi connectivity index (χ2n) is 9.18. The Labute approximate surface area is 159 Å². The molecule has 1 saturated carbocycles. The summed E-state index contributed by atoms with van der Waals surface area (Å²) < 4.78 is 0. The number of benzene rings is 1. The number of nitrogens with zero attached hydrogens (tertiary/aromatic N) is 2. The molecule has 0 unspecified atom stereocenters. The molecule has 144 valence electrons. The number of likely N-dealkylation sites (tertiary alicyclic amines) is 2. The van der Waals surface area contributed by atoms with E-state index in [4.69, 9.17) is 0 Å². The molecule has 0 aromatic heterocycles. The minimum Gasteiger partial charge on any atom is -0.395 e. The summed E-state index contributed by atoms with van der Waals surface area (Å²) in [4.78, 5) is 5.23. The van der Waals surface area contributed by atoms with Crippen LogP contribution in [0, 0.1) is 11.3 Å². The first-order valence-electron chi connectivity index (χ1n) is 10.9. The number of rotatable bonds is 5. The van der Waals surface area contributed by atoms with Gasteiger partial charge in [0.25, 0.3) is 0 Å². The third-order valence-corrected chi connectivity index (χ3v) is 7.53. The topological polar surface area (TPSA) is 26.7 Å². The summed E-state index contributed by atoms with van der Waals surface area (Å²) in [5.41, 5.74) is 2.10. The maximum absolute atomic E-state index is 9.55. The largest absolute Gasteiger partial charge is 0.395 e. The van der Waals surface area contributed by atoms with Crippen molar-refractivity contribution in [2.45, 2.75) is 64.0 Å². The Kier molecular flexibility index (Phi) is 5.97. The number of hydrogen-bond donors (Lipinski definition) is 1. The molecule has 2 saturated heterocycles. The Morgan fingerprint density at radius 2 is 1.65 bits per heavy atom. The van der Waals surface area contributed by atoms with Gasteiger partial charge in [0.2, 0.25) is 0 Å². The first kappa shape index (κ1) is 18.5. The molecule has 1 atom stereocenters. The molecule has 4 rings (SSSR count). The Morgan fingerprint density at radius 1 is 0.923 bits per heavy atom. The van der Waals surface area contributed by atoms with Crippen LogP contribution < -0.4 is 0 Å². The minimum atomic E-state index is 0.355. The van der Waals surface area contributed by atoms with E-state index in [1.54, 1.807) is 0 Å². The summed E-state index contributed by atoms with van der Waals surface area (Å²) in [6.45, 7) is 6.48. The van der Waals surface area contributed by atoms with Crippen LogP contribution in [-0.2, 0) is 6.54 Å². The number of piperidine rings is 1. The molecule has 0 bridgehead atoms. The van der Waals surface area contributed by atoms with E-state index in [1.807, 2.05) is 0 Å². The third-order valence-electron chi connectivity index (χ3n) is 7.53. The maximum Gasteiger partial charge on any atom is 0.0586 e. The Hall–Kier alpha value is -0.900. The van der Waals surface area contributed by atoms with Gasteiger partial charge in [0, 0.05) is 19.1 Å². The molecule has 1 aliphatic carbocycles. The fourth-order valence-corrected chi connectivity index (χ4v) is 5.67. The summed E-state index contributed by atoms with van der Waals surface area (Å²) in [5, 5.41) is 9.55. The van der Waals surface area contributed by atoms with Crippen LogP contribution in [0.4, 0.5) is 0 Å². The molecular formula is C23H36N2O. The van der Waals surface area contributed by atoms with Crippen LogP contribution in [0.15, 0.2) is 30.3 Å². The SMILES string of the molecule is OC[C@@H]1CCCN1CC1CCC2(CC1)CCN(Cc1ccccc1)CC2. The molecule has 1 aromatic rings. The molecule has 3 heteroatoms. The smallest absolute Gasteiger partial charge is 0.0586 e. The monoisotopic (exact) mass is 356 g/mol. The van der Waals surface area contributed by atoms with E-state index in [1.165, 1.54) is 83.1 Å². The molecule has 2 heterocycles. The zero-order valence-corrected chi connectivity index (χ0v) is 16.3. The van der Waals surface area contributed by atoms with Crippen LogP contribution in [-0.4, -0.2) is 53.7 Å². The maximum atomic E-state index is 9.55. The zero-order chi connectivity index (χ0) is 17.8. The van der Waals surface area contributed by atoms with E-state index in [2.05, 4.69) is 40.1 Å². The molecule has 3 aliphatic rings. The van der Waals surface area contributed by atoms with Crippen molar-refractivity contribution in [2.75, 3.05) is 32.8 Å². The van der Waals surface area contributed by atoms with E-state index >= 15 is 0 Å². The lowest BCUT2D eigenvalue weighted by molar-refractivity contribution is 0.0381. The highest BCUT2D eigenvalue weighted by Gasteiger charge is 2.38. The van der Waals surface area contributed by atoms with E-state index in [9.17, 15) is 5.11 Å². The molecule has 0 radical (unpaired) electrons. The van der Waals surface area contributed by atoms with Crippen molar-refractivity contribution in [1.29, 1.82) is 0 Å². The number of aliphatic hydroxyl groups excluding tert-OH is 1. The van der Waals surface area contributed by atoms with Gasteiger partial charge in [-0.1, -0.05) is 30.3 Å². The molecular weight excluding hydrogens is 320 g/mol.